The van der Waals surface area contributed by atoms with Gasteiger partial charge in [-0.15, -0.1) is 0 Å². The van der Waals surface area contributed by atoms with Crippen LogP contribution in [0.3, 0.4) is 0 Å². The molecule has 190 valence electrons. The van der Waals surface area contributed by atoms with E-state index < -0.39 is 5.54 Å². The summed E-state index contributed by atoms with van der Waals surface area (Å²) in [6, 6.07) is 14.8. The molecule has 1 aliphatic heterocycles. The molecule has 1 aliphatic rings. The molecule has 37 heavy (non-hydrogen) atoms. The first-order valence-corrected chi connectivity index (χ1v) is 12.6. The van der Waals surface area contributed by atoms with Crippen LogP contribution in [-0.4, -0.2) is 45.3 Å². The number of hydrogen-bond donors (Lipinski definition) is 0. The van der Waals surface area contributed by atoms with Gasteiger partial charge in [-0.3, -0.25) is 14.6 Å². The van der Waals surface area contributed by atoms with Crippen LogP contribution in [0.15, 0.2) is 65.3 Å². The molecule has 0 bridgehead atoms. The van der Waals surface area contributed by atoms with E-state index in [-0.39, 0.29) is 23.0 Å². The monoisotopic (exact) mass is 516 g/mol. The molecular formula is C29H29ClN4O3. The summed E-state index contributed by atoms with van der Waals surface area (Å²) < 4.78 is 6.18. The number of pyridine rings is 2. The van der Waals surface area contributed by atoms with Gasteiger partial charge in [0, 0.05) is 53.4 Å². The number of amides is 2. The first kappa shape index (κ1) is 25.0. The Morgan fingerprint density at radius 1 is 1.03 bits per heavy atom. The highest BCUT2D eigenvalue weighted by Gasteiger charge is 2.45. The molecule has 0 atom stereocenters. The van der Waals surface area contributed by atoms with Crippen molar-refractivity contribution in [1.82, 2.24) is 14.9 Å². The van der Waals surface area contributed by atoms with Gasteiger partial charge in [-0.05, 0) is 49.6 Å². The van der Waals surface area contributed by atoms with Gasteiger partial charge in [0.25, 0.3) is 11.8 Å². The molecule has 0 radical (unpaired) electrons. The summed E-state index contributed by atoms with van der Waals surface area (Å²) in [5.74, 6) is -0.328. The van der Waals surface area contributed by atoms with Crippen LogP contribution in [0.25, 0.3) is 22.4 Å². The average Bonchev–Trinajstić information content (AvgIpc) is 3.29. The Balaban J connectivity index is 1.52. The topological polar surface area (TPSA) is 79.5 Å². The van der Waals surface area contributed by atoms with Crippen molar-refractivity contribution in [2.75, 3.05) is 18.0 Å². The van der Waals surface area contributed by atoms with E-state index in [2.05, 4.69) is 25.8 Å². The number of rotatable bonds is 3. The third kappa shape index (κ3) is 4.48. The number of furan rings is 1. The van der Waals surface area contributed by atoms with Crippen molar-refractivity contribution in [2.45, 2.75) is 45.6 Å². The molecule has 1 aromatic carbocycles. The molecule has 0 unspecified atom stereocenters. The molecule has 5 rings (SSSR count). The number of halogens is 1. The van der Waals surface area contributed by atoms with Gasteiger partial charge in [0.1, 0.15) is 11.1 Å². The van der Waals surface area contributed by atoms with Crippen LogP contribution in [0.5, 0.6) is 0 Å². The number of carbonyl (C=O) groups excluding carboxylic acids is 2. The number of aromatic nitrogens is 2. The van der Waals surface area contributed by atoms with E-state index in [4.69, 9.17) is 21.0 Å². The number of piperazine rings is 1. The Hall–Kier alpha value is -3.71. The third-order valence-corrected chi connectivity index (χ3v) is 7.10. The molecular weight excluding hydrogens is 488 g/mol. The molecule has 2 amide bonds. The summed E-state index contributed by atoms with van der Waals surface area (Å²) in [6.07, 6.45) is 3.30. The van der Waals surface area contributed by atoms with Crippen molar-refractivity contribution in [2.24, 2.45) is 0 Å². The van der Waals surface area contributed by atoms with Crippen molar-refractivity contribution >= 4 is 40.2 Å². The molecule has 4 heterocycles. The second-order valence-corrected chi connectivity index (χ2v) is 11.3. The molecule has 4 aromatic rings. The highest BCUT2D eigenvalue weighted by molar-refractivity contribution is 6.30. The minimum atomic E-state index is -1.06. The molecule has 7 nitrogen and oxygen atoms in total. The van der Waals surface area contributed by atoms with Crippen molar-refractivity contribution < 1.29 is 14.0 Å². The third-order valence-electron chi connectivity index (χ3n) is 6.85. The maximum atomic E-state index is 13.7. The number of nitrogens with zero attached hydrogens (tertiary/aromatic N) is 4. The Bertz CT molecular complexity index is 1490. The van der Waals surface area contributed by atoms with E-state index in [9.17, 15) is 9.59 Å². The maximum Gasteiger partial charge on any atom is 0.290 e. The Morgan fingerprint density at radius 2 is 1.70 bits per heavy atom. The fourth-order valence-corrected chi connectivity index (χ4v) is 4.86. The Kier molecular flexibility index (Phi) is 6.07. The second-order valence-electron chi connectivity index (χ2n) is 10.8. The van der Waals surface area contributed by atoms with Crippen molar-refractivity contribution in [3.63, 3.8) is 0 Å². The highest BCUT2D eigenvalue weighted by Crippen LogP contribution is 2.36. The lowest BCUT2D eigenvalue weighted by atomic mass is 9.86. The largest absolute Gasteiger partial charge is 0.449 e. The Morgan fingerprint density at radius 3 is 2.35 bits per heavy atom. The van der Waals surface area contributed by atoms with Crippen molar-refractivity contribution in [3.8, 4) is 11.3 Å². The number of anilines is 1. The molecule has 8 heteroatoms. The molecule has 0 saturated carbocycles. The predicted molar refractivity (Wildman–Crippen MR) is 145 cm³/mol. The highest BCUT2D eigenvalue weighted by atomic mass is 35.5. The minimum Gasteiger partial charge on any atom is -0.449 e. The van der Waals surface area contributed by atoms with Crippen LogP contribution < -0.4 is 4.90 Å². The van der Waals surface area contributed by atoms with Gasteiger partial charge in [-0.25, -0.2) is 4.98 Å². The van der Waals surface area contributed by atoms with E-state index >= 15 is 0 Å². The van der Waals surface area contributed by atoms with E-state index in [1.165, 1.54) is 0 Å². The van der Waals surface area contributed by atoms with Gasteiger partial charge < -0.3 is 14.2 Å². The molecule has 1 saturated heterocycles. The maximum absolute atomic E-state index is 13.7. The van der Waals surface area contributed by atoms with Crippen LogP contribution in [0.2, 0.25) is 5.02 Å². The number of fused-ring (bicyclic) bond motifs is 1. The zero-order valence-electron chi connectivity index (χ0n) is 21.6. The fraction of sp³-hybridized carbons (Fsp3) is 0.310. The van der Waals surface area contributed by atoms with E-state index in [1.54, 1.807) is 54.2 Å². The summed E-state index contributed by atoms with van der Waals surface area (Å²) in [5.41, 5.74) is 3.25. The number of carbonyl (C=O) groups is 2. The van der Waals surface area contributed by atoms with Gasteiger partial charge in [-0.1, -0.05) is 44.5 Å². The molecule has 1 fully saturated rings. The van der Waals surface area contributed by atoms with Gasteiger partial charge in [0.15, 0.2) is 11.3 Å². The van der Waals surface area contributed by atoms with Crippen LogP contribution in [0, 0.1) is 0 Å². The van der Waals surface area contributed by atoms with E-state index in [0.29, 0.717) is 29.2 Å². The first-order valence-electron chi connectivity index (χ1n) is 12.2. The molecule has 0 aliphatic carbocycles. The smallest absolute Gasteiger partial charge is 0.290 e. The second kappa shape index (κ2) is 8.99. The van der Waals surface area contributed by atoms with Crippen LogP contribution in [0.4, 0.5) is 5.69 Å². The summed E-state index contributed by atoms with van der Waals surface area (Å²) in [6.45, 7) is 10.6. The van der Waals surface area contributed by atoms with Crippen LogP contribution in [-0.2, 0) is 10.2 Å². The fourth-order valence-electron chi connectivity index (χ4n) is 4.74. The summed E-state index contributed by atoms with van der Waals surface area (Å²) in [7, 11) is 0. The minimum absolute atomic E-state index is 0.159. The number of benzene rings is 1. The summed E-state index contributed by atoms with van der Waals surface area (Å²) in [5, 5.41) is 0.651. The predicted octanol–water partition coefficient (Wildman–Crippen LogP) is 6.11. The number of hydrogen-bond acceptors (Lipinski definition) is 5. The Labute approximate surface area is 221 Å². The molecule has 0 spiro atoms. The normalized spacial score (nSPS) is 15.9. The van der Waals surface area contributed by atoms with Gasteiger partial charge in [-0.2, -0.15) is 0 Å². The zero-order valence-corrected chi connectivity index (χ0v) is 22.3. The lowest BCUT2D eigenvalue weighted by Crippen LogP contribution is -2.64. The van der Waals surface area contributed by atoms with Crippen LogP contribution in [0.1, 0.15) is 50.7 Å². The lowest BCUT2D eigenvalue weighted by Gasteiger charge is -2.45. The van der Waals surface area contributed by atoms with Crippen LogP contribution >= 0.6 is 11.6 Å². The van der Waals surface area contributed by atoms with E-state index in [0.717, 1.165) is 22.5 Å². The van der Waals surface area contributed by atoms with Gasteiger partial charge >= 0.3 is 0 Å². The van der Waals surface area contributed by atoms with E-state index in [1.807, 2.05) is 30.3 Å². The van der Waals surface area contributed by atoms with Crippen molar-refractivity contribution in [1.29, 1.82) is 0 Å². The van der Waals surface area contributed by atoms with Crippen molar-refractivity contribution in [3.05, 3.63) is 77.3 Å². The average molecular weight is 517 g/mol. The first-order chi connectivity index (χ1) is 17.5. The molecule has 3 aromatic heterocycles. The van der Waals surface area contributed by atoms with Gasteiger partial charge in [0.05, 0.1) is 5.69 Å². The quantitative estimate of drug-likeness (QED) is 0.328. The summed E-state index contributed by atoms with van der Waals surface area (Å²) in [4.78, 5) is 39.3. The molecule has 0 N–H and O–H groups in total. The SMILES string of the molecule is CC(C)(C)c1cc(-c2ccc(Cl)cc2)nc2cc(C(=O)N3CCN(c4ccncc4)C(=O)C3(C)C)oc12. The lowest BCUT2D eigenvalue weighted by molar-refractivity contribution is -0.129. The standard InChI is InChI=1S/C29H29ClN4O3/c1-28(2,3)21-16-22(18-6-8-19(30)9-7-18)32-23-17-24(37-25(21)23)26(35)34-15-14-33(27(36)29(34,4)5)20-10-12-31-13-11-20/h6-13,16-17H,14-15H2,1-5H3. The zero-order chi connectivity index (χ0) is 26.5. The van der Waals surface area contributed by atoms with Gasteiger partial charge in [0.2, 0.25) is 0 Å². The summed E-state index contributed by atoms with van der Waals surface area (Å²) >= 11 is 6.08.